The van der Waals surface area contributed by atoms with Gasteiger partial charge in [0, 0.05) is 41.1 Å². The van der Waals surface area contributed by atoms with Crippen LogP contribution in [0.3, 0.4) is 0 Å². The van der Waals surface area contributed by atoms with Crippen LogP contribution in [0.25, 0.3) is 0 Å². The monoisotopic (exact) mass is 451 g/mol. The molecule has 5 rings (SSSR count). The van der Waals surface area contributed by atoms with E-state index in [9.17, 15) is 9.59 Å². The smallest absolute Gasteiger partial charge is 0.255 e. The van der Waals surface area contributed by atoms with Crippen molar-refractivity contribution in [2.24, 2.45) is 0 Å². The number of benzene rings is 2. The number of carbonyl (C=O) groups excluding carboxylic acids is 2. The second kappa shape index (κ2) is 9.35. The van der Waals surface area contributed by atoms with E-state index >= 15 is 0 Å². The van der Waals surface area contributed by atoms with E-state index < -0.39 is 5.92 Å². The summed E-state index contributed by atoms with van der Waals surface area (Å²) in [5.74, 6) is 1.12. The van der Waals surface area contributed by atoms with Gasteiger partial charge in [0.2, 0.25) is 0 Å². The summed E-state index contributed by atoms with van der Waals surface area (Å²) < 4.78 is 6.05. The highest BCUT2D eigenvalue weighted by atomic mass is 16.5. The largest absolute Gasteiger partial charge is 0.457 e. The van der Waals surface area contributed by atoms with Gasteiger partial charge < -0.3 is 15.4 Å². The van der Waals surface area contributed by atoms with E-state index in [0.29, 0.717) is 29.1 Å². The van der Waals surface area contributed by atoms with Gasteiger partial charge in [-0.2, -0.15) is 0 Å². The van der Waals surface area contributed by atoms with Crippen molar-refractivity contribution >= 4 is 17.5 Å². The Bertz CT molecular complexity index is 1300. The summed E-state index contributed by atoms with van der Waals surface area (Å²) in [6.45, 7) is 1.88. The molecule has 1 amide bonds. The van der Waals surface area contributed by atoms with Crippen LogP contribution < -0.4 is 15.4 Å². The van der Waals surface area contributed by atoms with E-state index in [0.717, 1.165) is 35.5 Å². The lowest BCUT2D eigenvalue weighted by Gasteiger charge is -2.34. The summed E-state index contributed by atoms with van der Waals surface area (Å²) in [4.78, 5) is 30.9. The topological polar surface area (TPSA) is 80.3 Å². The normalized spacial score (nSPS) is 17.7. The Hall–Kier alpha value is -4.19. The zero-order valence-electron chi connectivity index (χ0n) is 18.9. The number of ketones is 1. The van der Waals surface area contributed by atoms with Gasteiger partial charge in [-0.25, -0.2) is 4.98 Å². The first kappa shape index (κ1) is 21.6. The molecule has 0 spiro atoms. The lowest BCUT2D eigenvalue weighted by Crippen LogP contribution is -2.35. The van der Waals surface area contributed by atoms with Crippen LogP contribution in [0.5, 0.6) is 11.5 Å². The van der Waals surface area contributed by atoms with E-state index in [1.807, 2.05) is 67.6 Å². The molecule has 34 heavy (non-hydrogen) atoms. The molecular weight excluding hydrogens is 426 g/mol. The SMILES string of the molecule is CC1=C(C(=O)Nc2ccccn2)[C@H](c2cccc(Oc3ccccc3)c2)C2=C(CCCC2=O)N1. The summed E-state index contributed by atoms with van der Waals surface area (Å²) in [6.07, 6.45) is 3.69. The number of dihydropyridines is 1. The first-order chi connectivity index (χ1) is 16.6. The number of nitrogens with zero attached hydrogens (tertiary/aromatic N) is 1. The Balaban J connectivity index is 1.56. The van der Waals surface area contributed by atoms with Gasteiger partial charge in [-0.1, -0.05) is 36.4 Å². The van der Waals surface area contributed by atoms with Crippen molar-refractivity contribution in [3.63, 3.8) is 0 Å². The van der Waals surface area contributed by atoms with Crippen molar-refractivity contribution in [1.29, 1.82) is 0 Å². The third kappa shape index (κ3) is 4.35. The fourth-order valence-corrected chi connectivity index (χ4v) is 4.62. The van der Waals surface area contributed by atoms with Crippen LogP contribution in [0.4, 0.5) is 5.82 Å². The van der Waals surface area contributed by atoms with E-state index in [2.05, 4.69) is 15.6 Å². The fraction of sp³-hybridized carbons (Fsp3) is 0.179. The van der Waals surface area contributed by atoms with Crippen molar-refractivity contribution in [2.45, 2.75) is 32.1 Å². The quantitative estimate of drug-likeness (QED) is 0.537. The molecule has 2 aromatic carbocycles. The molecule has 2 aliphatic rings. The molecule has 1 aliphatic heterocycles. The predicted octanol–water partition coefficient (Wildman–Crippen LogP) is 5.48. The standard InChI is InChI=1S/C28H25N3O3/c1-18-25(28(33)31-24-15-5-6-16-29-24)26(27-22(30-18)13-8-14-23(27)32)19-9-7-12-21(17-19)34-20-10-3-2-4-11-20/h2-7,9-12,15-17,26,30H,8,13-14H2,1H3,(H,29,31,33)/t26-/m0/s1. The molecule has 0 fully saturated rings. The highest BCUT2D eigenvalue weighted by Crippen LogP contribution is 2.43. The maximum atomic E-state index is 13.5. The Morgan fingerprint density at radius 3 is 2.59 bits per heavy atom. The second-order valence-corrected chi connectivity index (χ2v) is 8.42. The average Bonchev–Trinajstić information content (AvgIpc) is 2.85. The van der Waals surface area contributed by atoms with Crippen molar-refractivity contribution in [3.05, 3.63) is 107 Å². The van der Waals surface area contributed by atoms with E-state index in [1.54, 1.807) is 18.3 Å². The number of rotatable bonds is 5. The van der Waals surface area contributed by atoms with Gasteiger partial charge in [-0.15, -0.1) is 0 Å². The number of aromatic nitrogens is 1. The minimum atomic E-state index is -0.493. The number of carbonyl (C=O) groups is 2. The van der Waals surface area contributed by atoms with Crippen molar-refractivity contribution < 1.29 is 14.3 Å². The first-order valence-corrected chi connectivity index (χ1v) is 11.4. The molecule has 0 saturated carbocycles. The minimum Gasteiger partial charge on any atom is -0.457 e. The molecule has 3 aromatic rings. The van der Waals surface area contributed by atoms with Gasteiger partial charge in [0.05, 0.1) is 0 Å². The number of pyridine rings is 1. The fourth-order valence-electron chi connectivity index (χ4n) is 4.62. The lowest BCUT2D eigenvalue weighted by atomic mass is 9.75. The molecule has 2 N–H and O–H groups in total. The van der Waals surface area contributed by atoms with Crippen LogP contribution in [0.15, 0.2) is 102 Å². The van der Waals surface area contributed by atoms with E-state index in [1.165, 1.54) is 0 Å². The van der Waals surface area contributed by atoms with Gasteiger partial charge in [-0.05, 0) is 61.7 Å². The van der Waals surface area contributed by atoms with Crippen LogP contribution in [-0.4, -0.2) is 16.7 Å². The van der Waals surface area contributed by atoms with Gasteiger partial charge in [-0.3, -0.25) is 9.59 Å². The molecule has 170 valence electrons. The Morgan fingerprint density at radius 1 is 1.00 bits per heavy atom. The molecule has 2 heterocycles. The van der Waals surface area contributed by atoms with E-state index in [-0.39, 0.29) is 11.7 Å². The zero-order valence-corrected chi connectivity index (χ0v) is 18.9. The number of hydrogen-bond donors (Lipinski definition) is 2. The highest BCUT2D eigenvalue weighted by Gasteiger charge is 2.38. The summed E-state index contributed by atoms with van der Waals surface area (Å²) >= 11 is 0. The van der Waals surface area contributed by atoms with Gasteiger partial charge in [0.15, 0.2) is 5.78 Å². The van der Waals surface area contributed by atoms with Crippen LogP contribution in [0, 0.1) is 0 Å². The van der Waals surface area contributed by atoms with Crippen LogP contribution in [-0.2, 0) is 9.59 Å². The lowest BCUT2D eigenvalue weighted by molar-refractivity contribution is -0.116. The molecule has 1 aliphatic carbocycles. The van der Waals surface area contributed by atoms with Crippen molar-refractivity contribution in [1.82, 2.24) is 10.3 Å². The molecule has 6 nitrogen and oxygen atoms in total. The molecule has 1 aromatic heterocycles. The number of amides is 1. The summed E-state index contributed by atoms with van der Waals surface area (Å²) in [5, 5.41) is 6.24. The molecule has 6 heteroatoms. The molecule has 0 saturated heterocycles. The average molecular weight is 452 g/mol. The van der Waals surface area contributed by atoms with Crippen LogP contribution in [0.1, 0.15) is 37.7 Å². The maximum absolute atomic E-state index is 13.5. The molecule has 0 radical (unpaired) electrons. The zero-order chi connectivity index (χ0) is 23.5. The highest BCUT2D eigenvalue weighted by molar-refractivity contribution is 6.09. The Labute approximate surface area is 198 Å². The molecular formula is C28H25N3O3. The van der Waals surface area contributed by atoms with Crippen LogP contribution in [0.2, 0.25) is 0 Å². The summed E-state index contributed by atoms with van der Waals surface area (Å²) in [6, 6.07) is 22.5. The minimum absolute atomic E-state index is 0.0729. The number of hydrogen-bond acceptors (Lipinski definition) is 5. The molecule has 1 atom stereocenters. The maximum Gasteiger partial charge on any atom is 0.255 e. The van der Waals surface area contributed by atoms with E-state index in [4.69, 9.17) is 4.74 Å². The Kier molecular flexibility index (Phi) is 5.95. The summed E-state index contributed by atoms with van der Waals surface area (Å²) in [5.41, 5.74) is 3.66. The molecule has 0 unspecified atom stereocenters. The van der Waals surface area contributed by atoms with Crippen LogP contribution >= 0.6 is 0 Å². The third-order valence-electron chi connectivity index (χ3n) is 6.10. The number of nitrogens with one attached hydrogen (secondary N) is 2. The van der Waals surface area contributed by atoms with Crippen molar-refractivity contribution in [2.75, 3.05) is 5.32 Å². The third-order valence-corrected chi connectivity index (χ3v) is 6.10. The van der Waals surface area contributed by atoms with Gasteiger partial charge in [0.1, 0.15) is 17.3 Å². The number of para-hydroxylation sites is 1. The number of ether oxygens (including phenoxy) is 1. The van der Waals surface area contributed by atoms with Gasteiger partial charge in [0.25, 0.3) is 5.91 Å². The first-order valence-electron chi connectivity index (χ1n) is 11.4. The predicted molar refractivity (Wildman–Crippen MR) is 130 cm³/mol. The summed E-state index contributed by atoms with van der Waals surface area (Å²) in [7, 11) is 0. The number of allylic oxidation sites excluding steroid dienone is 3. The number of Topliss-reactive ketones (excluding diaryl/α,β-unsaturated/α-hetero) is 1. The second-order valence-electron chi connectivity index (χ2n) is 8.42. The number of anilines is 1. The van der Waals surface area contributed by atoms with Gasteiger partial charge >= 0.3 is 0 Å². The Morgan fingerprint density at radius 2 is 1.79 bits per heavy atom. The molecule has 0 bridgehead atoms. The van der Waals surface area contributed by atoms with Crippen molar-refractivity contribution in [3.8, 4) is 11.5 Å².